The van der Waals surface area contributed by atoms with Crippen LogP contribution in [0, 0.1) is 0 Å². The summed E-state index contributed by atoms with van der Waals surface area (Å²) in [5.74, 6) is 0. The molecule has 2 aliphatic heterocycles. The predicted molar refractivity (Wildman–Crippen MR) is 30.7 cm³/mol. The molecule has 0 radical (unpaired) electrons. The zero-order valence-electron chi connectivity index (χ0n) is 4.91. The maximum Gasteiger partial charge on any atom is 0.414 e. The SMILES string of the molecule is O=C1OCC2CC=CN12. The van der Waals surface area contributed by atoms with Gasteiger partial charge in [-0.15, -0.1) is 0 Å². The fourth-order valence-electron chi connectivity index (χ4n) is 1.17. The number of carbonyl (C=O) groups is 1. The van der Waals surface area contributed by atoms with Crippen LogP contribution in [-0.4, -0.2) is 23.6 Å². The zero-order valence-corrected chi connectivity index (χ0v) is 4.91. The molecule has 0 aromatic heterocycles. The average molecular weight is 125 g/mol. The van der Waals surface area contributed by atoms with Crippen molar-refractivity contribution in [1.82, 2.24) is 4.90 Å². The first kappa shape index (κ1) is 4.85. The Morgan fingerprint density at radius 3 is 3.44 bits per heavy atom. The van der Waals surface area contributed by atoms with Crippen molar-refractivity contribution in [2.24, 2.45) is 0 Å². The Bertz CT molecular complexity index is 176. The van der Waals surface area contributed by atoms with E-state index in [0.29, 0.717) is 12.6 Å². The van der Waals surface area contributed by atoms with E-state index in [1.54, 1.807) is 11.1 Å². The predicted octanol–water partition coefficient (Wildman–Crippen LogP) is 0.725. The lowest BCUT2D eigenvalue weighted by Crippen LogP contribution is -2.23. The third-order valence-corrected chi connectivity index (χ3v) is 1.68. The Kier molecular flexibility index (Phi) is 0.806. The van der Waals surface area contributed by atoms with Crippen molar-refractivity contribution in [3.05, 3.63) is 12.3 Å². The van der Waals surface area contributed by atoms with Crippen molar-refractivity contribution in [2.45, 2.75) is 12.5 Å². The average Bonchev–Trinajstić information content (AvgIpc) is 2.35. The molecular weight excluding hydrogens is 118 g/mol. The van der Waals surface area contributed by atoms with Gasteiger partial charge >= 0.3 is 6.09 Å². The molecule has 3 heteroatoms. The molecule has 0 aromatic rings. The quantitative estimate of drug-likeness (QED) is 0.477. The number of hydrogen-bond acceptors (Lipinski definition) is 2. The van der Waals surface area contributed by atoms with Crippen LogP contribution in [0.3, 0.4) is 0 Å². The molecule has 0 aromatic carbocycles. The molecule has 1 saturated heterocycles. The molecule has 3 nitrogen and oxygen atoms in total. The molecule has 0 saturated carbocycles. The molecule has 1 amide bonds. The molecule has 1 atom stereocenters. The number of amides is 1. The highest BCUT2D eigenvalue weighted by Crippen LogP contribution is 2.21. The second-order valence-electron chi connectivity index (χ2n) is 2.26. The van der Waals surface area contributed by atoms with Gasteiger partial charge in [0, 0.05) is 6.20 Å². The van der Waals surface area contributed by atoms with Crippen molar-refractivity contribution in [3.8, 4) is 0 Å². The fraction of sp³-hybridized carbons (Fsp3) is 0.500. The first-order valence-electron chi connectivity index (χ1n) is 3.00. The normalized spacial score (nSPS) is 30.9. The van der Waals surface area contributed by atoms with Gasteiger partial charge in [-0.2, -0.15) is 0 Å². The minimum atomic E-state index is -0.200. The van der Waals surface area contributed by atoms with Crippen LogP contribution in [0.25, 0.3) is 0 Å². The maximum atomic E-state index is 10.7. The van der Waals surface area contributed by atoms with Gasteiger partial charge in [0.05, 0.1) is 6.04 Å². The van der Waals surface area contributed by atoms with Gasteiger partial charge in [0.15, 0.2) is 0 Å². The van der Waals surface area contributed by atoms with E-state index in [9.17, 15) is 4.79 Å². The summed E-state index contributed by atoms with van der Waals surface area (Å²) >= 11 is 0. The van der Waals surface area contributed by atoms with E-state index >= 15 is 0 Å². The highest BCUT2D eigenvalue weighted by atomic mass is 16.6. The Labute approximate surface area is 52.9 Å². The standard InChI is InChI=1S/C6H7NO2/c8-6-7-3-1-2-5(7)4-9-6/h1,3,5H,2,4H2. The topological polar surface area (TPSA) is 29.5 Å². The van der Waals surface area contributed by atoms with Crippen LogP contribution in [0.4, 0.5) is 4.79 Å². The van der Waals surface area contributed by atoms with E-state index in [1.807, 2.05) is 6.08 Å². The molecule has 1 fully saturated rings. The van der Waals surface area contributed by atoms with E-state index in [2.05, 4.69) is 0 Å². The molecule has 9 heavy (non-hydrogen) atoms. The van der Waals surface area contributed by atoms with Crippen LogP contribution >= 0.6 is 0 Å². The van der Waals surface area contributed by atoms with Gasteiger partial charge in [0.25, 0.3) is 0 Å². The fourth-order valence-corrected chi connectivity index (χ4v) is 1.17. The first-order valence-corrected chi connectivity index (χ1v) is 3.00. The summed E-state index contributed by atoms with van der Waals surface area (Å²) in [6.45, 7) is 0.561. The number of carbonyl (C=O) groups excluding carboxylic acids is 1. The maximum absolute atomic E-state index is 10.7. The lowest BCUT2D eigenvalue weighted by molar-refractivity contribution is 0.166. The highest BCUT2D eigenvalue weighted by molar-refractivity contribution is 5.72. The second kappa shape index (κ2) is 1.50. The molecule has 0 N–H and O–H groups in total. The minimum absolute atomic E-state index is 0.200. The molecule has 0 bridgehead atoms. The number of ether oxygens (including phenoxy) is 1. The number of hydrogen-bond donors (Lipinski definition) is 0. The minimum Gasteiger partial charge on any atom is -0.447 e. The van der Waals surface area contributed by atoms with Crippen LogP contribution in [0.15, 0.2) is 12.3 Å². The Balaban J connectivity index is 2.24. The van der Waals surface area contributed by atoms with Crippen molar-refractivity contribution >= 4 is 6.09 Å². The molecule has 0 spiro atoms. The smallest absolute Gasteiger partial charge is 0.414 e. The Morgan fingerprint density at radius 2 is 2.67 bits per heavy atom. The highest BCUT2D eigenvalue weighted by Gasteiger charge is 2.32. The van der Waals surface area contributed by atoms with Crippen molar-refractivity contribution < 1.29 is 9.53 Å². The van der Waals surface area contributed by atoms with Crippen LogP contribution in [-0.2, 0) is 4.74 Å². The summed E-state index contributed by atoms with van der Waals surface area (Å²) < 4.78 is 4.76. The van der Waals surface area contributed by atoms with E-state index < -0.39 is 0 Å². The molecule has 2 aliphatic rings. The monoisotopic (exact) mass is 125 g/mol. The third-order valence-electron chi connectivity index (χ3n) is 1.68. The molecular formula is C6H7NO2. The van der Waals surface area contributed by atoms with E-state index in [1.165, 1.54) is 0 Å². The number of nitrogens with zero attached hydrogens (tertiary/aromatic N) is 1. The van der Waals surface area contributed by atoms with Gasteiger partial charge < -0.3 is 4.74 Å². The third kappa shape index (κ3) is 0.542. The van der Waals surface area contributed by atoms with Crippen molar-refractivity contribution in [3.63, 3.8) is 0 Å². The number of rotatable bonds is 0. The summed E-state index contributed by atoms with van der Waals surface area (Å²) in [7, 11) is 0. The lowest BCUT2D eigenvalue weighted by atomic mass is 10.3. The molecule has 1 unspecified atom stereocenters. The van der Waals surface area contributed by atoms with E-state index in [0.717, 1.165) is 6.42 Å². The molecule has 0 aliphatic carbocycles. The van der Waals surface area contributed by atoms with E-state index in [4.69, 9.17) is 4.74 Å². The summed E-state index contributed by atoms with van der Waals surface area (Å²) in [5, 5.41) is 0. The van der Waals surface area contributed by atoms with Gasteiger partial charge in [-0.05, 0) is 6.42 Å². The van der Waals surface area contributed by atoms with Crippen LogP contribution in [0.1, 0.15) is 6.42 Å². The number of fused-ring (bicyclic) bond motifs is 1. The summed E-state index contributed by atoms with van der Waals surface area (Å²) in [6, 6.07) is 0.303. The molecule has 2 heterocycles. The van der Waals surface area contributed by atoms with Crippen molar-refractivity contribution in [2.75, 3.05) is 6.61 Å². The van der Waals surface area contributed by atoms with Crippen LogP contribution in [0.5, 0.6) is 0 Å². The largest absolute Gasteiger partial charge is 0.447 e. The number of cyclic esters (lactones) is 1. The Hall–Kier alpha value is -0.990. The Morgan fingerprint density at radius 1 is 1.78 bits per heavy atom. The summed E-state index contributed by atoms with van der Waals surface area (Å²) in [4.78, 5) is 12.3. The van der Waals surface area contributed by atoms with Crippen LogP contribution in [0.2, 0.25) is 0 Å². The van der Waals surface area contributed by atoms with Gasteiger partial charge in [-0.3, -0.25) is 4.90 Å². The zero-order chi connectivity index (χ0) is 6.27. The first-order chi connectivity index (χ1) is 4.38. The second-order valence-corrected chi connectivity index (χ2v) is 2.26. The van der Waals surface area contributed by atoms with Gasteiger partial charge in [0.1, 0.15) is 6.61 Å². The molecule has 2 rings (SSSR count). The lowest BCUT2D eigenvalue weighted by Gasteiger charge is -2.06. The van der Waals surface area contributed by atoms with Crippen LogP contribution < -0.4 is 0 Å². The summed E-state index contributed by atoms with van der Waals surface area (Å²) in [5.41, 5.74) is 0. The van der Waals surface area contributed by atoms with Crippen molar-refractivity contribution in [1.29, 1.82) is 0 Å². The van der Waals surface area contributed by atoms with Gasteiger partial charge in [-0.1, -0.05) is 6.08 Å². The van der Waals surface area contributed by atoms with E-state index in [-0.39, 0.29) is 6.09 Å². The molecule has 48 valence electrons. The van der Waals surface area contributed by atoms with Gasteiger partial charge in [0.2, 0.25) is 0 Å². The van der Waals surface area contributed by atoms with Gasteiger partial charge in [-0.25, -0.2) is 4.79 Å². The summed E-state index contributed by atoms with van der Waals surface area (Å²) in [6.07, 6.45) is 4.53.